The van der Waals surface area contributed by atoms with Gasteiger partial charge in [-0.3, -0.25) is 4.79 Å². The first-order valence-electron chi connectivity index (χ1n) is 7.51. The molecule has 0 N–H and O–H groups in total. The Morgan fingerprint density at radius 1 is 1.20 bits per heavy atom. The average molecular weight is 267 g/mol. The van der Waals surface area contributed by atoms with E-state index in [2.05, 4.69) is 54.8 Å². The number of carbonyl (C=O) groups excluding carboxylic acids is 1. The van der Waals surface area contributed by atoms with Gasteiger partial charge in [-0.05, 0) is 37.8 Å². The third-order valence-electron chi connectivity index (χ3n) is 4.34. The van der Waals surface area contributed by atoms with Crippen molar-refractivity contribution in [3.8, 4) is 0 Å². The minimum absolute atomic E-state index is 0.316. The van der Waals surface area contributed by atoms with Gasteiger partial charge in [-0.1, -0.05) is 37.3 Å². The van der Waals surface area contributed by atoms with Crippen LogP contribution in [0.4, 0.5) is 0 Å². The fraction of sp³-hybridized carbons (Fsp3) is 0.389. The molecule has 2 nitrogen and oxygen atoms in total. The molecule has 1 aromatic heterocycles. The molecule has 104 valence electrons. The Labute approximate surface area is 120 Å². The standard InChI is InChI=1S/C18H21NO/c1-3-16(14-8-5-4-6-9-14)19-13(2)12-15-17(19)10-7-11-18(15)20/h4-6,8-9,12,16H,3,7,10-11H2,1-2H3. The molecule has 20 heavy (non-hydrogen) atoms. The summed E-state index contributed by atoms with van der Waals surface area (Å²) in [5, 5.41) is 0. The lowest BCUT2D eigenvalue weighted by Gasteiger charge is -2.24. The van der Waals surface area contributed by atoms with E-state index < -0.39 is 0 Å². The first kappa shape index (κ1) is 13.2. The van der Waals surface area contributed by atoms with Gasteiger partial charge in [-0.2, -0.15) is 0 Å². The lowest BCUT2D eigenvalue weighted by atomic mass is 9.96. The van der Waals surface area contributed by atoms with Gasteiger partial charge in [-0.25, -0.2) is 0 Å². The zero-order valence-electron chi connectivity index (χ0n) is 12.2. The summed E-state index contributed by atoms with van der Waals surface area (Å²) in [5.74, 6) is 0.316. The number of fused-ring (bicyclic) bond motifs is 1. The predicted molar refractivity (Wildman–Crippen MR) is 81.3 cm³/mol. The number of rotatable bonds is 3. The predicted octanol–water partition coefficient (Wildman–Crippen LogP) is 4.31. The molecule has 2 heteroatoms. The monoisotopic (exact) mass is 267 g/mol. The van der Waals surface area contributed by atoms with Crippen molar-refractivity contribution in [2.45, 2.75) is 45.6 Å². The SMILES string of the molecule is CCC(c1ccccc1)n1c(C)cc2c1CCCC2=O. The number of hydrogen-bond donors (Lipinski definition) is 0. The average Bonchev–Trinajstić information content (AvgIpc) is 2.80. The molecule has 1 atom stereocenters. The van der Waals surface area contributed by atoms with Crippen LogP contribution in [-0.2, 0) is 6.42 Å². The second-order valence-electron chi connectivity index (χ2n) is 5.63. The summed E-state index contributed by atoms with van der Waals surface area (Å²) in [6.07, 6.45) is 3.76. The topological polar surface area (TPSA) is 22.0 Å². The maximum atomic E-state index is 12.1. The minimum Gasteiger partial charge on any atom is -0.341 e. The van der Waals surface area contributed by atoms with E-state index in [0.717, 1.165) is 24.8 Å². The van der Waals surface area contributed by atoms with Crippen molar-refractivity contribution in [1.29, 1.82) is 0 Å². The van der Waals surface area contributed by atoms with Gasteiger partial charge in [-0.15, -0.1) is 0 Å². The van der Waals surface area contributed by atoms with E-state index in [0.29, 0.717) is 18.2 Å². The molecule has 0 spiro atoms. The minimum atomic E-state index is 0.316. The number of ketones is 1. The van der Waals surface area contributed by atoms with Crippen molar-refractivity contribution < 1.29 is 4.79 Å². The fourth-order valence-corrected chi connectivity index (χ4v) is 3.43. The van der Waals surface area contributed by atoms with Crippen molar-refractivity contribution in [3.63, 3.8) is 0 Å². The lowest BCUT2D eigenvalue weighted by molar-refractivity contribution is 0.0971. The molecule has 0 fully saturated rings. The van der Waals surface area contributed by atoms with Crippen LogP contribution in [0.15, 0.2) is 36.4 Å². The van der Waals surface area contributed by atoms with Crippen LogP contribution in [0.25, 0.3) is 0 Å². The zero-order chi connectivity index (χ0) is 14.1. The van der Waals surface area contributed by atoms with Crippen LogP contribution >= 0.6 is 0 Å². The summed E-state index contributed by atoms with van der Waals surface area (Å²) < 4.78 is 2.39. The quantitative estimate of drug-likeness (QED) is 0.812. The third kappa shape index (κ3) is 2.09. The number of hydrogen-bond acceptors (Lipinski definition) is 1. The first-order valence-corrected chi connectivity index (χ1v) is 7.51. The second kappa shape index (κ2) is 5.28. The van der Waals surface area contributed by atoms with Crippen molar-refractivity contribution >= 4 is 5.78 Å². The van der Waals surface area contributed by atoms with Gasteiger partial charge >= 0.3 is 0 Å². The lowest BCUT2D eigenvalue weighted by Crippen LogP contribution is -2.18. The van der Waals surface area contributed by atoms with Gasteiger partial charge in [0.2, 0.25) is 0 Å². The fourth-order valence-electron chi connectivity index (χ4n) is 3.43. The second-order valence-corrected chi connectivity index (χ2v) is 5.63. The molecule has 0 amide bonds. The summed E-state index contributed by atoms with van der Waals surface area (Å²) in [7, 11) is 0. The molecule has 0 saturated carbocycles. The van der Waals surface area contributed by atoms with Crippen molar-refractivity contribution in [2.24, 2.45) is 0 Å². The Hall–Kier alpha value is -1.83. The molecule has 1 aliphatic carbocycles. The smallest absolute Gasteiger partial charge is 0.164 e. The Kier molecular flexibility index (Phi) is 3.47. The highest BCUT2D eigenvalue weighted by molar-refractivity contribution is 5.98. The molecule has 0 saturated heterocycles. The summed E-state index contributed by atoms with van der Waals surface area (Å²) in [4.78, 5) is 12.1. The van der Waals surface area contributed by atoms with Gasteiger partial charge in [0.25, 0.3) is 0 Å². The van der Waals surface area contributed by atoms with E-state index in [1.54, 1.807) is 0 Å². The highest BCUT2D eigenvalue weighted by Gasteiger charge is 2.25. The highest BCUT2D eigenvalue weighted by Crippen LogP contribution is 2.32. The van der Waals surface area contributed by atoms with E-state index in [9.17, 15) is 4.79 Å². The van der Waals surface area contributed by atoms with Crippen molar-refractivity contribution in [1.82, 2.24) is 4.57 Å². The molecule has 3 rings (SSSR count). The van der Waals surface area contributed by atoms with Crippen LogP contribution in [0.2, 0.25) is 0 Å². The van der Waals surface area contributed by atoms with Gasteiger partial charge in [0, 0.05) is 23.4 Å². The van der Waals surface area contributed by atoms with E-state index >= 15 is 0 Å². The molecule has 0 bridgehead atoms. The molecule has 1 aliphatic rings. The van der Waals surface area contributed by atoms with Gasteiger partial charge in [0.05, 0.1) is 6.04 Å². The van der Waals surface area contributed by atoms with Gasteiger partial charge in [0.1, 0.15) is 0 Å². The first-order chi connectivity index (χ1) is 9.72. The van der Waals surface area contributed by atoms with Crippen LogP contribution in [0.1, 0.15) is 59.5 Å². The number of Topliss-reactive ketones (excluding diaryl/α,β-unsaturated/α-hetero) is 1. The van der Waals surface area contributed by atoms with E-state index in [1.807, 2.05) is 0 Å². The Bertz CT molecular complexity index is 624. The van der Waals surface area contributed by atoms with Gasteiger partial charge in [0.15, 0.2) is 5.78 Å². The normalized spacial score (nSPS) is 16.0. The number of aryl methyl sites for hydroxylation is 1. The Morgan fingerprint density at radius 3 is 2.65 bits per heavy atom. The molecular weight excluding hydrogens is 246 g/mol. The molecule has 1 aromatic carbocycles. The molecule has 1 unspecified atom stereocenters. The maximum Gasteiger partial charge on any atom is 0.164 e. The zero-order valence-corrected chi connectivity index (χ0v) is 12.2. The molecular formula is C18H21NO. The molecule has 0 radical (unpaired) electrons. The largest absolute Gasteiger partial charge is 0.341 e. The number of aromatic nitrogens is 1. The number of nitrogens with zero attached hydrogens (tertiary/aromatic N) is 1. The van der Waals surface area contributed by atoms with Crippen molar-refractivity contribution in [3.05, 3.63) is 58.9 Å². The number of carbonyl (C=O) groups is 1. The van der Waals surface area contributed by atoms with Crippen LogP contribution in [0.5, 0.6) is 0 Å². The van der Waals surface area contributed by atoms with Crippen LogP contribution in [-0.4, -0.2) is 10.4 Å². The van der Waals surface area contributed by atoms with E-state index in [4.69, 9.17) is 0 Å². The highest BCUT2D eigenvalue weighted by atomic mass is 16.1. The van der Waals surface area contributed by atoms with Crippen LogP contribution in [0, 0.1) is 6.92 Å². The van der Waals surface area contributed by atoms with Gasteiger partial charge < -0.3 is 4.57 Å². The Balaban J connectivity index is 2.11. The Morgan fingerprint density at radius 2 is 1.95 bits per heavy atom. The summed E-state index contributed by atoms with van der Waals surface area (Å²) in [6, 6.07) is 13.0. The molecule has 1 heterocycles. The van der Waals surface area contributed by atoms with Crippen LogP contribution < -0.4 is 0 Å². The molecule has 0 aliphatic heterocycles. The van der Waals surface area contributed by atoms with E-state index in [1.165, 1.54) is 17.0 Å². The van der Waals surface area contributed by atoms with Crippen LogP contribution in [0.3, 0.4) is 0 Å². The summed E-state index contributed by atoms with van der Waals surface area (Å²) in [6.45, 7) is 4.34. The summed E-state index contributed by atoms with van der Waals surface area (Å²) in [5.41, 5.74) is 4.74. The number of benzene rings is 1. The third-order valence-corrected chi connectivity index (χ3v) is 4.34. The molecule has 2 aromatic rings. The summed E-state index contributed by atoms with van der Waals surface area (Å²) >= 11 is 0. The van der Waals surface area contributed by atoms with Crippen molar-refractivity contribution in [2.75, 3.05) is 0 Å². The van der Waals surface area contributed by atoms with E-state index in [-0.39, 0.29) is 0 Å². The maximum absolute atomic E-state index is 12.1.